The van der Waals surface area contributed by atoms with E-state index in [1.54, 1.807) is 18.3 Å². The van der Waals surface area contributed by atoms with Gasteiger partial charge in [0.15, 0.2) is 5.65 Å². The highest BCUT2D eigenvalue weighted by Gasteiger charge is 2.30. The SMILES string of the molecule is NC(=O)C1CCC(n2c(Nc3c(Cl)cc(Cl)cc3Cl)nc3cnc(NC4CCCCC4O)nc32)CC1. The van der Waals surface area contributed by atoms with Crippen LogP contribution in [0.2, 0.25) is 15.1 Å². The predicted octanol–water partition coefficient (Wildman–Crippen LogP) is 5.46. The largest absolute Gasteiger partial charge is 0.391 e. The molecule has 0 aliphatic heterocycles. The summed E-state index contributed by atoms with van der Waals surface area (Å²) in [5, 5.41) is 18.1. The molecule has 2 unspecified atom stereocenters. The molecule has 2 aliphatic rings. The zero-order valence-electron chi connectivity index (χ0n) is 19.6. The Labute approximate surface area is 223 Å². The molecule has 5 rings (SSSR count). The quantitative estimate of drug-likeness (QED) is 0.319. The number of nitrogens with zero attached hydrogens (tertiary/aromatic N) is 4. The Morgan fingerprint density at radius 3 is 2.39 bits per heavy atom. The molecule has 0 spiro atoms. The third kappa shape index (κ3) is 5.20. The number of rotatable bonds is 6. The Kier molecular flexibility index (Phi) is 7.44. The molecule has 36 heavy (non-hydrogen) atoms. The van der Waals surface area contributed by atoms with Gasteiger partial charge in [0, 0.05) is 17.0 Å². The molecule has 2 heterocycles. The van der Waals surface area contributed by atoms with Gasteiger partial charge in [-0.3, -0.25) is 9.36 Å². The fraction of sp³-hybridized carbons (Fsp3) is 0.500. The Bertz CT molecular complexity index is 1250. The Morgan fingerprint density at radius 2 is 1.72 bits per heavy atom. The minimum Gasteiger partial charge on any atom is -0.391 e. The summed E-state index contributed by atoms with van der Waals surface area (Å²) in [4.78, 5) is 25.7. The van der Waals surface area contributed by atoms with Crippen molar-refractivity contribution < 1.29 is 9.90 Å². The van der Waals surface area contributed by atoms with Crippen LogP contribution in [0.1, 0.15) is 57.4 Å². The highest BCUT2D eigenvalue weighted by Crippen LogP contribution is 2.40. The number of halogens is 3. The van der Waals surface area contributed by atoms with E-state index in [9.17, 15) is 9.90 Å². The van der Waals surface area contributed by atoms with E-state index < -0.39 is 6.10 Å². The van der Waals surface area contributed by atoms with Crippen LogP contribution >= 0.6 is 34.8 Å². The highest BCUT2D eigenvalue weighted by molar-refractivity contribution is 6.41. The van der Waals surface area contributed by atoms with Crippen molar-refractivity contribution in [3.8, 4) is 0 Å². The number of hydrogen-bond donors (Lipinski definition) is 4. The van der Waals surface area contributed by atoms with Gasteiger partial charge in [0.1, 0.15) is 5.52 Å². The van der Waals surface area contributed by atoms with Crippen molar-refractivity contribution in [2.24, 2.45) is 11.7 Å². The summed E-state index contributed by atoms with van der Waals surface area (Å²) < 4.78 is 2.03. The average Bonchev–Trinajstić information content (AvgIpc) is 3.20. The van der Waals surface area contributed by atoms with Crippen LogP contribution in [0.5, 0.6) is 0 Å². The van der Waals surface area contributed by atoms with E-state index in [1.165, 1.54) is 0 Å². The molecule has 192 valence electrons. The number of anilines is 3. The summed E-state index contributed by atoms with van der Waals surface area (Å²) in [6, 6.07) is 3.16. The fourth-order valence-corrected chi connectivity index (χ4v) is 6.14. The number of benzene rings is 1. The first kappa shape index (κ1) is 25.3. The second-order valence-electron chi connectivity index (χ2n) is 9.59. The average molecular weight is 553 g/mol. The topological polar surface area (TPSA) is 131 Å². The van der Waals surface area contributed by atoms with Gasteiger partial charge >= 0.3 is 0 Å². The maximum Gasteiger partial charge on any atom is 0.225 e. The molecule has 2 aliphatic carbocycles. The normalized spacial score (nSPS) is 24.6. The molecule has 2 aromatic heterocycles. The number of amides is 1. The van der Waals surface area contributed by atoms with Crippen LogP contribution in [-0.2, 0) is 4.79 Å². The van der Waals surface area contributed by atoms with Gasteiger partial charge in [-0.15, -0.1) is 0 Å². The van der Waals surface area contributed by atoms with Crippen molar-refractivity contribution >= 4 is 69.5 Å². The van der Waals surface area contributed by atoms with E-state index in [0.29, 0.717) is 56.7 Å². The van der Waals surface area contributed by atoms with Gasteiger partial charge in [0.05, 0.1) is 34.1 Å². The van der Waals surface area contributed by atoms with E-state index in [0.717, 1.165) is 38.5 Å². The molecule has 12 heteroatoms. The molecule has 1 amide bonds. The number of imidazole rings is 1. The summed E-state index contributed by atoms with van der Waals surface area (Å²) in [7, 11) is 0. The second kappa shape index (κ2) is 10.6. The van der Waals surface area contributed by atoms with Gasteiger partial charge in [-0.2, -0.15) is 4.98 Å². The van der Waals surface area contributed by atoms with E-state index in [2.05, 4.69) is 15.6 Å². The summed E-state index contributed by atoms with van der Waals surface area (Å²) in [6.45, 7) is 0. The van der Waals surface area contributed by atoms with Gasteiger partial charge in [-0.1, -0.05) is 47.6 Å². The lowest BCUT2D eigenvalue weighted by atomic mass is 9.85. The zero-order valence-corrected chi connectivity index (χ0v) is 21.8. The number of aliphatic hydroxyl groups is 1. The van der Waals surface area contributed by atoms with Crippen LogP contribution in [-0.4, -0.2) is 42.7 Å². The van der Waals surface area contributed by atoms with E-state index >= 15 is 0 Å². The lowest BCUT2D eigenvalue weighted by molar-refractivity contribution is -0.122. The Morgan fingerprint density at radius 1 is 1.03 bits per heavy atom. The van der Waals surface area contributed by atoms with E-state index in [-0.39, 0.29) is 23.9 Å². The minimum absolute atomic E-state index is 0.0287. The molecule has 0 bridgehead atoms. The number of carbonyl (C=O) groups excluding carboxylic acids is 1. The number of fused-ring (bicyclic) bond motifs is 1. The first-order chi connectivity index (χ1) is 17.3. The van der Waals surface area contributed by atoms with Crippen molar-refractivity contribution in [3.63, 3.8) is 0 Å². The molecule has 0 saturated heterocycles. The summed E-state index contributed by atoms with van der Waals surface area (Å²) in [5.41, 5.74) is 7.29. The van der Waals surface area contributed by atoms with Gasteiger partial charge in [-0.05, 0) is 50.7 Å². The fourth-order valence-electron chi connectivity index (χ4n) is 5.23. The zero-order chi connectivity index (χ0) is 25.4. The maximum absolute atomic E-state index is 11.7. The summed E-state index contributed by atoms with van der Waals surface area (Å²) in [5.74, 6) is 0.562. The van der Waals surface area contributed by atoms with Crippen LogP contribution in [0.15, 0.2) is 18.3 Å². The molecule has 9 nitrogen and oxygen atoms in total. The highest BCUT2D eigenvalue weighted by atomic mass is 35.5. The van der Waals surface area contributed by atoms with Crippen molar-refractivity contribution in [3.05, 3.63) is 33.4 Å². The van der Waals surface area contributed by atoms with Crippen molar-refractivity contribution in [1.29, 1.82) is 0 Å². The maximum atomic E-state index is 11.7. The monoisotopic (exact) mass is 551 g/mol. The van der Waals surface area contributed by atoms with Crippen molar-refractivity contribution in [2.45, 2.75) is 69.6 Å². The number of nitrogens with one attached hydrogen (secondary N) is 2. The van der Waals surface area contributed by atoms with E-state index in [4.69, 9.17) is 50.5 Å². The smallest absolute Gasteiger partial charge is 0.225 e. The number of nitrogens with two attached hydrogens (primary N) is 1. The first-order valence-electron chi connectivity index (χ1n) is 12.2. The summed E-state index contributed by atoms with van der Waals surface area (Å²) >= 11 is 19.0. The molecule has 2 saturated carbocycles. The Balaban J connectivity index is 1.53. The van der Waals surface area contributed by atoms with E-state index in [1.807, 2.05) is 4.57 Å². The third-order valence-corrected chi connectivity index (χ3v) is 8.00. The van der Waals surface area contributed by atoms with Gasteiger partial charge in [0.25, 0.3) is 0 Å². The second-order valence-corrected chi connectivity index (χ2v) is 10.8. The molecular weight excluding hydrogens is 525 g/mol. The van der Waals surface area contributed by atoms with Crippen LogP contribution < -0.4 is 16.4 Å². The lowest BCUT2D eigenvalue weighted by Gasteiger charge is -2.29. The van der Waals surface area contributed by atoms with Crippen LogP contribution in [0.4, 0.5) is 17.6 Å². The van der Waals surface area contributed by atoms with Crippen LogP contribution in [0, 0.1) is 5.92 Å². The number of aliphatic hydroxyl groups excluding tert-OH is 1. The predicted molar refractivity (Wildman–Crippen MR) is 142 cm³/mol. The number of primary amides is 1. The van der Waals surface area contributed by atoms with Crippen molar-refractivity contribution in [1.82, 2.24) is 19.5 Å². The van der Waals surface area contributed by atoms with Crippen molar-refractivity contribution in [2.75, 3.05) is 10.6 Å². The number of hydrogen-bond acceptors (Lipinski definition) is 7. The van der Waals surface area contributed by atoms with Crippen LogP contribution in [0.25, 0.3) is 11.2 Å². The summed E-state index contributed by atoms with van der Waals surface area (Å²) in [6.07, 6.45) is 7.78. The standard InChI is InChI=1S/C24H28Cl3N7O2/c25-13-9-15(26)20(16(27)10-13)32-24-31-18-11-29-23(30-17-3-1-2-4-19(17)35)33-22(18)34(24)14-7-5-12(6-8-14)21(28)36/h9-12,14,17,19,35H,1-8H2,(H2,28,36)(H,31,32)(H,29,30,33). The van der Waals surface area contributed by atoms with Gasteiger partial charge < -0.3 is 21.5 Å². The van der Waals surface area contributed by atoms with Crippen LogP contribution in [0.3, 0.4) is 0 Å². The Hall–Kier alpha value is -2.33. The molecule has 2 atom stereocenters. The minimum atomic E-state index is -0.432. The third-order valence-electron chi connectivity index (χ3n) is 7.18. The van der Waals surface area contributed by atoms with Gasteiger partial charge in [-0.25, -0.2) is 9.97 Å². The molecular formula is C24H28Cl3N7O2. The lowest BCUT2D eigenvalue weighted by Crippen LogP contribution is -2.36. The molecule has 3 aromatic rings. The number of carbonyl (C=O) groups is 1. The molecule has 1 aromatic carbocycles. The molecule has 0 radical (unpaired) electrons. The molecule has 5 N–H and O–H groups in total. The van der Waals surface area contributed by atoms with Gasteiger partial charge in [0.2, 0.25) is 17.8 Å². The number of aromatic nitrogens is 4. The molecule has 2 fully saturated rings. The first-order valence-corrected chi connectivity index (χ1v) is 13.3.